The van der Waals surface area contributed by atoms with Gasteiger partial charge in [-0.3, -0.25) is 14.8 Å². The molecule has 0 aliphatic carbocycles. The van der Waals surface area contributed by atoms with Gasteiger partial charge in [-0.2, -0.15) is 0 Å². The lowest BCUT2D eigenvalue weighted by atomic mass is 10.2. The van der Waals surface area contributed by atoms with Crippen molar-refractivity contribution in [2.45, 2.75) is 0 Å². The van der Waals surface area contributed by atoms with E-state index >= 15 is 0 Å². The maximum Gasteiger partial charge on any atom is 0.178 e. The van der Waals surface area contributed by atoms with Crippen LogP contribution < -0.4 is 0 Å². The van der Waals surface area contributed by atoms with Crippen molar-refractivity contribution in [2.24, 2.45) is 0 Å². The van der Waals surface area contributed by atoms with Crippen LogP contribution in [0.3, 0.4) is 0 Å². The van der Waals surface area contributed by atoms with E-state index < -0.39 is 0 Å². The molecule has 0 saturated heterocycles. The molecule has 0 spiro atoms. The molecule has 2 aromatic heterocycles. The van der Waals surface area contributed by atoms with E-state index in [1.807, 2.05) is 24.3 Å². The van der Waals surface area contributed by atoms with Gasteiger partial charge in [0.05, 0.1) is 0 Å². The van der Waals surface area contributed by atoms with E-state index in [-0.39, 0.29) is 5.78 Å². The highest BCUT2D eigenvalue weighted by Crippen LogP contribution is 2.02. The minimum absolute atomic E-state index is 0.0522. The number of aromatic nitrogens is 2. The molecule has 0 amide bonds. The van der Waals surface area contributed by atoms with Gasteiger partial charge in [0.15, 0.2) is 5.78 Å². The molecule has 0 unspecified atom stereocenters. The van der Waals surface area contributed by atoms with Crippen molar-refractivity contribution in [3.8, 4) is 0 Å². The topological polar surface area (TPSA) is 42.9 Å². The van der Waals surface area contributed by atoms with E-state index in [1.54, 1.807) is 36.9 Å². The standard InChI is InChI=1S/C15H12N2O/c18-15(3-1-13-5-9-16-10-6-13)4-2-14-7-11-17-12-8-14/h1-12H. The summed E-state index contributed by atoms with van der Waals surface area (Å²) >= 11 is 0. The second kappa shape index (κ2) is 6.25. The normalized spacial score (nSPS) is 11.1. The highest BCUT2D eigenvalue weighted by atomic mass is 16.1. The molecule has 18 heavy (non-hydrogen) atoms. The van der Waals surface area contributed by atoms with Gasteiger partial charge < -0.3 is 0 Å². The van der Waals surface area contributed by atoms with Gasteiger partial charge in [0, 0.05) is 24.8 Å². The van der Waals surface area contributed by atoms with Gasteiger partial charge in [-0.15, -0.1) is 0 Å². The Hall–Kier alpha value is -2.55. The first kappa shape index (κ1) is 11.9. The van der Waals surface area contributed by atoms with Gasteiger partial charge in [-0.25, -0.2) is 0 Å². The van der Waals surface area contributed by atoms with Crippen molar-refractivity contribution in [1.29, 1.82) is 0 Å². The average Bonchev–Trinajstić information content (AvgIpc) is 2.45. The summed E-state index contributed by atoms with van der Waals surface area (Å²) in [5.41, 5.74) is 1.91. The smallest absolute Gasteiger partial charge is 0.178 e. The van der Waals surface area contributed by atoms with E-state index in [0.717, 1.165) is 11.1 Å². The Labute approximate surface area is 106 Å². The second-order valence-corrected chi connectivity index (χ2v) is 3.63. The highest BCUT2D eigenvalue weighted by Gasteiger charge is 1.90. The SMILES string of the molecule is O=C(C=Cc1ccncc1)C=Cc1ccncc1. The molecular weight excluding hydrogens is 224 g/mol. The molecule has 88 valence electrons. The van der Waals surface area contributed by atoms with Gasteiger partial charge in [0.1, 0.15) is 0 Å². The van der Waals surface area contributed by atoms with Crippen LogP contribution in [0.5, 0.6) is 0 Å². The molecule has 0 bridgehead atoms. The van der Waals surface area contributed by atoms with Crippen molar-refractivity contribution in [2.75, 3.05) is 0 Å². The fraction of sp³-hybridized carbons (Fsp3) is 0. The Kier molecular flexibility index (Phi) is 4.14. The summed E-state index contributed by atoms with van der Waals surface area (Å²) in [6, 6.07) is 7.37. The minimum Gasteiger partial charge on any atom is -0.290 e. The number of hydrogen-bond donors (Lipinski definition) is 0. The number of allylic oxidation sites excluding steroid dienone is 2. The predicted octanol–water partition coefficient (Wildman–Crippen LogP) is 2.77. The number of ketones is 1. The van der Waals surface area contributed by atoms with Crippen molar-refractivity contribution < 1.29 is 4.79 Å². The molecule has 0 radical (unpaired) electrons. The Balaban J connectivity index is 1.97. The summed E-state index contributed by atoms with van der Waals surface area (Å²) in [5.74, 6) is -0.0522. The van der Waals surface area contributed by atoms with E-state index in [2.05, 4.69) is 9.97 Å². The Morgan fingerprint density at radius 2 is 1.17 bits per heavy atom. The maximum atomic E-state index is 11.6. The van der Waals surface area contributed by atoms with E-state index in [1.165, 1.54) is 12.2 Å². The summed E-state index contributed by atoms with van der Waals surface area (Å²) in [4.78, 5) is 19.4. The van der Waals surface area contributed by atoms with E-state index in [4.69, 9.17) is 0 Å². The Bertz CT molecular complexity index is 508. The monoisotopic (exact) mass is 236 g/mol. The largest absolute Gasteiger partial charge is 0.290 e. The van der Waals surface area contributed by atoms with Crippen molar-refractivity contribution >= 4 is 17.9 Å². The first-order valence-corrected chi connectivity index (χ1v) is 5.55. The average molecular weight is 236 g/mol. The third-order valence-corrected chi connectivity index (χ3v) is 2.29. The summed E-state index contributed by atoms with van der Waals surface area (Å²) < 4.78 is 0. The van der Waals surface area contributed by atoms with Gasteiger partial charge in [0.2, 0.25) is 0 Å². The van der Waals surface area contributed by atoms with Gasteiger partial charge >= 0.3 is 0 Å². The molecule has 0 N–H and O–H groups in total. The van der Waals surface area contributed by atoms with Crippen molar-refractivity contribution in [3.63, 3.8) is 0 Å². The molecule has 0 aromatic carbocycles. The van der Waals surface area contributed by atoms with Crippen LogP contribution in [0.15, 0.2) is 61.2 Å². The van der Waals surface area contributed by atoms with Crippen molar-refractivity contribution in [1.82, 2.24) is 9.97 Å². The number of pyridine rings is 2. The van der Waals surface area contributed by atoms with Crippen LogP contribution >= 0.6 is 0 Å². The molecule has 3 heteroatoms. The molecule has 0 aliphatic heterocycles. The summed E-state index contributed by atoms with van der Waals surface area (Å²) in [6.07, 6.45) is 13.4. The van der Waals surface area contributed by atoms with Gasteiger partial charge in [-0.05, 0) is 47.5 Å². The lowest BCUT2D eigenvalue weighted by molar-refractivity contribution is -0.110. The first-order valence-electron chi connectivity index (χ1n) is 5.55. The van der Waals surface area contributed by atoms with Crippen LogP contribution in [-0.2, 0) is 4.79 Å². The maximum absolute atomic E-state index is 11.6. The van der Waals surface area contributed by atoms with Crippen LogP contribution in [0, 0.1) is 0 Å². The Morgan fingerprint density at radius 3 is 1.56 bits per heavy atom. The Morgan fingerprint density at radius 1 is 0.778 bits per heavy atom. The molecule has 2 aromatic rings. The number of carbonyl (C=O) groups excluding carboxylic acids is 1. The highest BCUT2D eigenvalue weighted by molar-refractivity contribution is 6.04. The molecule has 0 saturated carbocycles. The number of rotatable bonds is 4. The molecular formula is C15H12N2O. The second-order valence-electron chi connectivity index (χ2n) is 3.63. The summed E-state index contributed by atoms with van der Waals surface area (Å²) in [5, 5.41) is 0. The molecule has 0 aliphatic rings. The number of hydrogen-bond acceptors (Lipinski definition) is 3. The number of nitrogens with zero attached hydrogens (tertiary/aromatic N) is 2. The van der Waals surface area contributed by atoms with Crippen molar-refractivity contribution in [3.05, 3.63) is 72.3 Å². The lowest BCUT2D eigenvalue weighted by Crippen LogP contribution is -1.85. The predicted molar refractivity (Wildman–Crippen MR) is 71.5 cm³/mol. The summed E-state index contributed by atoms with van der Waals surface area (Å²) in [7, 11) is 0. The zero-order valence-electron chi connectivity index (χ0n) is 9.73. The molecule has 0 fully saturated rings. The summed E-state index contributed by atoms with van der Waals surface area (Å²) in [6.45, 7) is 0. The first-order chi connectivity index (χ1) is 8.84. The molecule has 3 nitrogen and oxygen atoms in total. The van der Waals surface area contributed by atoms with Crippen LogP contribution in [0.1, 0.15) is 11.1 Å². The quantitative estimate of drug-likeness (QED) is 0.766. The van der Waals surface area contributed by atoms with E-state index in [0.29, 0.717) is 0 Å². The zero-order valence-corrected chi connectivity index (χ0v) is 9.73. The fourth-order valence-electron chi connectivity index (χ4n) is 1.36. The molecule has 2 rings (SSSR count). The molecule has 0 atom stereocenters. The zero-order chi connectivity index (χ0) is 12.6. The third-order valence-electron chi connectivity index (χ3n) is 2.29. The van der Waals surface area contributed by atoms with Crippen LogP contribution in [0.2, 0.25) is 0 Å². The van der Waals surface area contributed by atoms with Gasteiger partial charge in [-0.1, -0.05) is 12.2 Å². The number of carbonyl (C=O) groups is 1. The lowest BCUT2D eigenvalue weighted by Gasteiger charge is -1.90. The minimum atomic E-state index is -0.0522. The van der Waals surface area contributed by atoms with E-state index in [9.17, 15) is 4.79 Å². The van der Waals surface area contributed by atoms with Gasteiger partial charge in [0.25, 0.3) is 0 Å². The van der Waals surface area contributed by atoms with Crippen LogP contribution in [0.25, 0.3) is 12.2 Å². The van der Waals surface area contributed by atoms with Crippen LogP contribution in [0.4, 0.5) is 0 Å². The molecule has 2 heterocycles. The van der Waals surface area contributed by atoms with Crippen LogP contribution in [-0.4, -0.2) is 15.8 Å². The fourth-order valence-corrected chi connectivity index (χ4v) is 1.36. The third kappa shape index (κ3) is 3.79.